The molecule has 194 valence electrons. The number of benzene rings is 2. The van der Waals surface area contributed by atoms with Gasteiger partial charge in [-0.1, -0.05) is 24.3 Å². The van der Waals surface area contributed by atoms with Gasteiger partial charge in [0.1, 0.15) is 0 Å². The summed E-state index contributed by atoms with van der Waals surface area (Å²) < 4.78 is 0. The van der Waals surface area contributed by atoms with E-state index in [4.69, 9.17) is 0 Å². The Morgan fingerprint density at radius 2 is 0.634 bits per heavy atom. The Hall–Kier alpha value is -5.26. The van der Waals surface area contributed by atoms with E-state index in [9.17, 15) is 0 Å². The summed E-state index contributed by atoms with van der Waals surface area (Å²) in [6.45, 7) is 0. The molecule has 0 saturated carbocycles. The standard InChI is InChI=1S/C36H24N4S/c1-5-25(19-37-9-1)29-13-30(26-6-2-10-38-20-26)16-33(15-29)35-23-41-24-36(35)34-17-31(27-7-3-11-39-21-27)14-32(18-34)28-8-4-12-40-22-28/h1-24H. The first kappa shape index (κ1) is 24.8. The van der Waals surface area contributed by atoms with Crippen molar-refractivity contribution in [2.75, 3.05) is 0 Å². The van der Waals surface area contributed by atoms with Crippen LogP contribution in [0.5, 0.6) is 0 Å². The van der Waals surface area contributed by atoms with Crippen molar-refractivity contribution >= 4 is 11.3 Å². The van der Waals surface area contributed by atoms with Gasteiger partial charge in [-0.2, -0.15) is 11.3 Å². The molecule has 41 heavy (non-hydrogen) atoms. The molecule has 5 aromatic heterocycles. The van der Waals surface area contributed by atoms with Crippen LogP contribution >= 0.6 is 11.3 Å². The first-order valence-corrected chi connectivity index (χ1v) is 14.2. The Bertz CT molecular complexity index is 1660. The number of pyridine rings is 4. The van der Waals surface area contributed by atoms with Crippen molar-refractivity contribution in [1.29, 1.82) is 0 Å². The molecule has 0 radical (unpaired) electrons. The zero-order valence-electron chi connectivity index (χ0n) is 22.1. The van der Waals surface area contributed by atoms with Crippen LogP contribution < -0.4 is 0 Å². The third-order valence-corrected chi connectivity index (χ3v) is 7.87. The monoisotopic (exact) mass is 544 g/mol. The van der Waals surface area contributed by atoms with Crippen LogP contribution in [0.3, 0.4) is 0 Å². The molecule has 0 aliphatic rings. The maximum atomic E-state index is 4.38. The molecular formula is C36H24N4S. The lowest BCUT2D eigenvalue weighted by molar-refractivity contribution is 1.32. The van der Waals surface area contributed by atoms with Gasteiger partial charge in [0.2, 0.25) is 0 Å². The zero-order valence-corrected chi connectivity index (χ0v) is 22.9. The van der Waals surface area contributed by atoms with Crippen LogP contribution in [0.15, 0.2) is 145 Å². The third-order valence-electron chi connectivity index (χ3n) is 7.13. The molecule has 0 aliphatic carbocycles. The lowest BCUT2D eigenvalue weighted by Crippen LogP contribution is -1.89. The van der Waals surface area contributed by atoms with Gasteiger partial charge in [0.25, 0.3) is 0 Å². The molecule has 0 amide bonds. The van der Waals surface area contributed by atoms with Crippen molar-refractivity contribution in [3.05, 3.63) is 145 Å². The Labute approximate surface area is 242 Å². The highest BCUT2D eigenvalue weighted by Gasteiger charge is 2.15. The average molecular weight is 545 g/mol. The van der Waals surface area contributed by atoms with Crippen molar-refractivity contribution in [3.8, 4) is 66.8 Å². The zero-order chi connectivity index (χ0) is 27.4. The van der Waals surface area contributed by atoms with Crippen molar-refractivity contribution in [2.45, 2.75) is 0 Å². The topological polar surface area (TPSA) is 51.6 Å². The lowest BCUT2D eigenvalue weighted by Gasteiger charge is -2.14. The van der Waals surface area contributed by atoms with Crippen molar-refractivity contribution in [2.24, 2.45) is 0 Å². The quantitative estimate of drug-likeness (QED) is 0.209. The van der Waals surface area contributed by atoms with E-state index in [1.807, 2.05) is 49.1 Å². The van der Waals surface area contributed by atoms with Gasteiger partial charge in [0.05, 0.1) is 0 Å². The molecular weight excluding hydrogens is 520 g/mol. The van der Waals surface area contributed by atoms with Crippen LogP contribution in [-0.4, -0.2) is 19.9 Å². The predicted molar refractivity (Wildman–Crippen MR) is 168 cm³/mol. The summed E-state index contributed by atoms with van der Waals surface area (Å²) in [6, 6.07) is 29.8. The largest absolute Gasteiger partial charge is 0.264 e. The van der Waals surface area contributed by atoms with Crippen molar-refractivity contribution < 1.29 is 0 Å². The van der Waals surface area contributed by atoms with E-state index in [1.165, 1.54) is 11.1 Å². The van der Waals surface area contributed by atoms with Crippen molar-refractivity contribution in [1.82, 2.24) is 19.9 Å². The van der Waals surface area contributed by atoms with E-state index >= 15 is 0 Å². The summed E-state index contributed by atoms with van der Waals surface area (Å²) in [7, 11) is 0. The van der Waals surface area contributed by atoms with Crippen LogP contribution in [0.4, 0.5) is 0 Å². The number of hydrogen-bond acceptors (Lipinski definition) is 5. The van der Waals surface area contributed by atoms with E-state index in [0.717, 1.165) is 55.6 Å². The van der Waals surface area contributed by atoms with E-state index < -0.39 is 0 Å². The van der Waals surface area contributed by atoms with Crippen molar-refractivity contribution in [3.63, 3.8) is 0 Å². The number of aromatic nitrogens is 4. The molecule has 4 nitrogen and oxygen atoms in total. The van der Waals surface area contributed by atoms with E-state index in [2.05, 4.69) is 91.4 Å². The molecule has 0 fully saturated rings. The smallest absolute Gasteiger partial charge is 0.0346 e. The normalized spacial score (nSPS) is 10.9. The van der Waals surface area contributed by atoms with E-state index in [1.54, 1.807) is 36.1 Å². The molecule has 5 heteroatoms. The number of hydrogen-bond donors (Lipinski definition) is 0. The summed E-state index contributed by atoms with van der Waals surface area (Å²) in [5.41, 5.74) is 13.5. The Balaban J connectivity index is 1.42. The second-order valence-corrected chi connectivity index (χ2v) is 10.5. The van der Waals surface area contributed by atoms with Crippen LogP contribution in [-0.2, 0) is 0 Å². The summed E-state index contributed by atoms with van der Waals surface area (Å²) in [6.07, 6.45) is 14.9. The molecule has 0 N–H and O–H groups in total. The molecule has 7 rings (SSSR count). The lowest BCUT2D eigenvalue weighted by atomic mass is 9.90. The average Bonchev–Trinajstić information content (AvgIpc) is 3.56. The maximum Gasteiger partial charge on any atom is 0.0346 e. The minimum atomic E-state index is 1.08. The van der Waals surface area contributed by atoms with E-state index in [0.29, 0.717) is 0 Å². The van der Waals surface area contributed by atoms with Gasteiger partial charge in [0.15, 0.2) is 0 Å². The molecule has 5 heterocycles. The second kappa shape index (κ2) is 11.1. The molecule has 0 saturated heterocycles. The first-order chi connectivity index (χ1) is 20.3. The van der Waals surface area contributed by atoms with Gasteiger partial charge in [-0.05, 0) is 105 Å². The number of thiophene rings is 1. The van der Waals surface area contributed by atoms with Crippen LogP contribution in [0.2, 0.25) is 0 Å². The Morgan fingerprint density at radius 1 is 0.341 bits per heavy atom. The van der Waals surface area contributed by atoms with Gasteiger partial charge in [0, 0.05) is 83.0 Å². The van der Waals surface area contributed by atoms with Gasteiger partial charge in [-0.25, -0.2) is 0 Å². The molecule has 0 aliphatic heterocycles. The highest BCUT2D eigenvalue weighted by atomic mass is 32.1. The molecule has 7 aromatic rings. The first-order valence-electron chi connectivity index (χ1n) is 13.3. The minimum Gasteiger partial charge on any atom is -0.264 e. The van der Waals surface area contributed by atoms with Gasteiger partial charge >= 0.3 is 0 Å². The van der Waals surface area contributed by atoms with Crippen LogP contribution in [0.1, 0.15) is 0 Å². The maximum absolute atomic E-state index is 4.38. The van der Waals surface area contributed by atoms with Crippen LogP contribution in [0, 0.1) is 0 Å². The molecule has 0 atom stereocenters. The highest BCUT2D eigenvalue weighted by Crippen LogP contribution is 2.41. The molecule has 0 bridgehead atoms. The molecule has 0 spiro atoms. The Morgan fingerprint density at radius 3 is 0.902 bits per heavy atom. The summed E-state index contributed by atoms with van der Waals surface area (Å²) in [5.74, 6) is 0. The fourth-order valence-electron chi connectivity index (χ4n) is 5.11. The minimum absolute atomic E-state index is 1.08. The fourth-order valence-corrected chi connectivity index (χ4v) is 5.98. The van der Waals surface area contributed by atoms with Gasteiger partial charge < -0.3 is 0 Å². The third kappa shape index (κ3) is 5.19. The fraction of sp³-hybridized carbons (Fsp3) is 0. The van der Waals surface area contributed by atoms with Gasteiger partial charge in [-0.15, -0.1) is 0 Å². The number of rotatable bonds is 6. The SMILES string of the molecule is c1cncc(-c2cc(-c3cccnc3)cc(-c3cscc3-c3cc(-c4cccnc4)cc(-c4cccnc4)c3)c2)c1. The van der Waals surface area contributed by atoms with E-state index in [-0.39, 0.29) is 0 Å². The van der Waals surface area contributed by atoms with Crippen LogP contribution in [0.25, 0.3) is 66.8 Å². The molecule has 2 aromatic carbocycles. The number of nitrogens with zero attached hydrogens (tertiary/aromatic N) is 4. The summed E-state index contributed by atoms with van der Waals surface area (Å²) >= 11 is 1.71. The predicted octanol–water partition coefficient (Wildman–Crippen LogP) is 9.33. The highest BCUT2D eigenvalue weighted by molar-refractivity contribution is 7.08. The molecule has 0 unspecified atom stereocenters. The Kier molecular flexibility index (Phi) is 6.69. The summed E-state index contributed by atoms with van der Waals surface area (Å²) in [5, 5.41) is 4.48. The second-order valence-electron chi connectivity index (χ2n) is 9.76. The summed E-state index contributed by atoms with van der Waals surface area (Å²) in [4.78, 5) is 17.5. The van der Waals surface area contributed by atoms with Gasteiger partial charge in [-0.3, -0.25) is 19.9 Å².